The molecule has 4 N–H and O–H groups in total. The summed E-state index contributed by atoms with van der Waals surface area (Å²) in [7, 11) is 5.53. The number of aromatic amines is 1. The number of hydrogen-bond acceptors (Lipinski definition) is 6. The number of aromatic nitrogens is 4. The summed E-state index contributed by atoms with van der Waals surface area (Å²) in [6, 6.07) is 2.61. The smallest absolute Gasteiger partial charge is 0.338 e. The van der Waals surface area contributed by atoms with E-state index >= 15 is 0 Å². The molecule has 296 valence electrons. The number of hydrogen-bond donors (Lipinski definition) is 4. The summed E-state index contributed by atoms with van der Waals surface area (Å²) in [6.07, 6.45) is 1.78. The summed E-state index contributed by atoms with van der Waals surface area (Å²) in [5.74, 6) is -0.499. The second-order valence-corrected chi connectivity index (χ2v) is 12.8. The van der Waals surface area contributed by atoms with Gasteiger partial charge in [-0.1, -0.05) is 70.0 Å². The third-order valence-electron chi connectivity index (χ3n) is 7.56. The van der Waals surface area contributed by atoms with Gasteiger partial charge in [-0.25, -0.2) is 4.68 Å². The van der Waals surface area contributed by atoms with Crippen molar-refractivity contribution in [3.63, 3.8) is 0 Å². The van der Waals surface area contributed by atoms with Crippen molar-refractivity contribution in [2.75, 3.05) is 45.6 Å². The molecule has 0 spiro atoms. The summed E-state index contributed by atoms with van der Waals surface area (Å²) in [6.45, 7) is 17.1. The van der Waals surface area contributed by atoms with Crippen LogP contribution in [0, 0.1) is 0 Å². The van der Waals surface area contributed by atoms with Gasteiger partial charge < -0.3 is 25.9 Å². The fraction of sp³-hybridized carbons (Fsp3) is 0.526. The van der Waals surface area contributed by atoms with E-state index in [0.29, 0.717) is 68.0 Å². The predicted octanol–water partition coefficient (Wildman–Crippen LogP) is 6.84. The molecule has 1 aliphatic heterocycles. The minimum Gasteiger partial charge on any atom is -0.338 e. The minimum absolute atomic E-state index is 0.0361. The van der Waals surface area contributed by atoms with Crippen molar-refractivity contribution < 1.29 is 22.8 Å². The maximum atomic E-state index is 14.4. The normalized spacial score (nSPS) is 12.2. The van der Waals surface area contributed by atoms with Gasteiger partial charge in [-0.15, -0.1) is 5.10 Å². The number of nitrogens with one attached hydrogen (secondary N) is 4. The molecule has 2 heterocycles. The molecule has 1 aromatic heterocycles. The molecule has 0 atom stereocenters. The lowest BCUT2D eigenvalue weighted by Gasteiger charge is -2.23. The molecule has 0 saturated heterocycles. The van der Waals surface area contributed by atoms with E-state index in [2.05, 4.69) is 32.7 Å². The van der Waals surface area contributed by atoms with E-state index in [9.17, 15) is 27.6 Å². The van der Waals surface area contributed by atoms with Gasteiger partial charge in [-0.2, -0.15) is 13.2 Å². The SMILES string of the molecule is C=C(C=C(C)C)C(=O)N(CCC)CCc1c(CCC)[nH]n(C)c(C2=CCNCC2)nn(CC(=O)Nc2ccc(C(F)(F)F)cc2Cl)c1=O.CC.CNC. The zero-order valence-corrected chi connectivity index (χ0v) is 33.4. The van der Waals surface area contributed by atoms with Crippen molar-refractivity contribution in [1.82, 2.24) is 35.1 Å². The van der Waals surface area contributed by atoms with Crippen molar-refractivity contribution in [3.8, 4) is 0 Å². The quantitative estimate of drug-likeness (QED) is 0.131. The highest BCUT2D eigenvalue weighted by Gasteiger charge is 2.31. The summed E-state index contributed by atoms with van der Waals surface area (Å²) in [5.41, 5.74) is 1.61. The number of allylic oxidation sites excluding steroid dienone is 1. The zero-order valence-electron chi connectivity index (χ0n) is 32.7. The van der Waals surface area contributed by atoms with Crippen LogP contribution in [0.15, 0.2) is 52.9 Å². The first-order chi connectivity index (χ1) is 25.1. The number of rotatable bonds is 13. The highest BCUT2D eigenvalue weighted by Crippen LogP contribution is 2.33. The molecular formula is C38H58ClF3N8O3. The van der Waals surface area contributed by atoms with Gasteiger partial charge in [0.1, 0.15) is 6.54 Å². The number of anilines is 1. The predicted molar refractivity (Wildman–Crippen MR) is 209 cm³/mol. The number of amides is 2. The van der Waals surface area contributed by atoms with Crippen LogP contribution < -0.4 is 21.5 Å². The topological polar surface area (TPSA) is 129 Å². The van der Waals surface area contributed by atoms with Crippen LogP contribution in [-0.4, -0.2) is 76.5 Å². The third kappa shape index (κ3) is 15.0. The molecule has 0 saturated carbocycles. The van der Waals surface area contributed by atoms with E-state index in [4.69, 9.17) is 11.6 Å². The van der Waals surface area contributed by atoms with Gasteiger partial charge in [0.15, 0.2) is 5.82 Å². The number of nitrogens with zero attached hydrogens (tertiary/aromatic N) is 4. The summed E-state index contributed by atoms with van der Waals surface area (Å²) in [5, 5.41) is 16.2. The van der Waals surface area contributed by atoms with E-state index in [1.807, 2.05) is 61.7 Å². The zero-order chi connectivity index (χ0) is 40.3. The average molecular weight is 767 g/mol. The summed E-state index contributed by atoms with van der Waals surface area (Å²) >= 11 is 6.09. The Kier molecular flexibility index (Phi) is 20.8. The monoisotopic (exact) mass is 766 g/mol. The van der Waals surface area contributed by atoms with Crippen molar-refractivity contribution in [2.45, 2.75) is 86.4 Å². The molecule has 2 amide bonds. The maximum absolute atomic E-state index is 14.4. The highest BCUT2D eigenvalue weighted by atomic mass is 35.5. The minimum atomic E-state index is -4.60. The van der Waals surface area contributed by atoms with E-state index in [0.717, 1.165) is 34.0 Å². The van der Waals surface area contributed by atoms with Gasteiger partial charge >= 0.3 is 6.18 Å². The number of benzene rings is 1. The first-order valence-electron chi connectivity index (χ1n) is 18.0. The lowest BCUT2D eigenvalue weighted by molar-refractivity contribution is -0.137. The molecule has 11 nitrogen and oxygen atoms in total. The van der Waals surface area contributed by atoms with E-state index < -0.39 is 29.8 Å². The molecule has 0 fully saturated rings. The molecular weight excluding hydrogens is 709 g/mol. The Morgan fingerprint density at radius 2 is 1.77 bits per heavy atom. The average Bonchev–Trinajstić information content (AvgIpc) is 3.10. The maximum Gasteiger partial charge on any atom is 0.416 e. The summed E-state index contributed by atoms with van der Waals surface area (Å²) < 4.78 is 42.3. The standard InChI is InChI=1S/C34H45ClF3N7O3.C2H7N.C2H6/c1-7-9-28-26(14-18-44(17-8-2)32(47)23(5)19-22(3)4)33(48)45(42-31(43(6)41-28)24-12-15-39-16-13-24)21-30(46)40-29-11-10-25(20-27(29)35)34(36,37)38;1-3-2;1-2/h10-12,19-20,39,41H,5,7-9,13-18,21H2,1-4,6H3,(H,40,46);3H,1-2H3;1-2H3. The van der Waals surface area contributed by atoms with Crippen molar-refractivity contribution >= 4 is 34.7 Å². The van der Waals surface area contributed by atoms with Crippen LogP contribution in [0.4, 0.5) is 18.9 Å². The lowest BCUT2D eigenvalue weighted by Crippen LogP contribution is -2.37. The molecule has 15 heteroatoms. The van der Waals surface area contributed by atoms with Crippen LogP contribution in [0.1, 0.15) is 83.5 Å². The molecule has 0 bridgehead atoms. The van der Waals surface area contributed by atoms with Crippen LogP contribution in [-0.2, 0) is 42.2 Å². The second-order valence-electron chi connectivity index (χ2n) is 12.4. The second kappa shape index (κ2) is 23.5. The number of aryl methyl sites for hydroxylation is 2. The Balaban J connectivity index is 0.00000267. The Bertz CT molecular complexity index is 1700. The molecule has 1 aromatic carbocycles. The fourth-order valence-corrected chi connectivity index (χ4v) is 5.55. The highest BCUT2D eigenvalue weighted by molar-refractivity contribution is 6.33. The lowest BCUT2D eigenvalue weighted by atomic mass is 10.1. The van der Waals surface area contributed by atoms with Crippen LogP contribution in [0.3, 0.4) is 0 Å². The Labute approximate surface area is 317 Å². The molecule has 0 radical (unpaired) electrons. The number of alkyl halides is 3. The van der Waals surface area contributed by atoms with E-state index in [1.54, 1.807) is 22.7 Å². The van der Waals surface area contributed by atoms with E-state index in [-0.39, 0.29) is 29.6 Å². The van der Waals surface area contributed by atoms with E-state index in [1.165, 1.54) is 0 Å². The molecule has 0 aliphatic carbocycles. The molecule has 1 aliphatic rings. The van der Waals surface area contributed by atoms with Crippen LogP contribution in [0.5, 0.6) is 0 Å². The summed E-state index contributed by atoms with van der Waals surface area (Å²) in [4.78, 5) is 42.7. The van der Waals surface area contributed by atoms with Gasteiger partial charge in [0, 0.05) is 43.5 Å². The number of H-pyrrole nitrogens is 1. The van der Waals surface area contributed by atoms with Gasteiger partial charge in [0.05, 0.1) is 16.3 Å². The van der Waals surface area contributed by atoms with Crippen LogP contribution in [0.2, 0.25) is 5.02 Å². The van der Waals surface area contributed by atoms with Gasteiger partial charge in [0.25, 0.3) is 11.5 Å². The Morgan fingerprint density at radius 1 is 1.11 bits per heavy atom. The molecule has 53 heavy (non-hydrogen) atoms. The molecule has 2 aromatic rings. The number of halogens is 4. The Morgan fingerprint density at radius 3 is 2.30 bits per heavy atom. The van der Waals surface area contributed by atoms with Crippen molar-refractivity contribution in [1.29, 1.82) is 0 Å². The number of carbonyl (C=O) groups is 2. The van der Waals surface area contributed by atoms with Gasteiger partial charge in [-0.3, -0.25) is 19.1 Å². The Hall–Kier alpha value is -4.14. The van der Waals surface area contributed by atoms with Crippen molar-refractivity contribution in [3.05, 3.63) is 86.1 Å². The van der Waals surface area contributed by atoms with Gasteiger partial charge in [-0.05, 0) is 83.9 Å². The molecule has 0 unspecified atom stereocenters. The first-order valence-corrected chi connectivity index (χ1v) is 18.4. The first kappa shape index (κ1) is 46.9. The van der Waals surface area contributed by atoms with Crippen LogP contribution >= 0.6 is 11.6 Å². The third-order valence-corrected chi connectivity index (χ3v) is 7.87. The fourth-order valence-electron chi connectivity index (χ4n) is 5.33. The molecule has 3 rings (SSSR count). The largest absolute Gasteiger partial charge is 0.416 e. The van der Waals surface area contributed by atoms with Crippen molar-refractivity contribution in [2.24, 2.45) is 7.05 Å². The van der Waals surface area contributed by atoms with Gasteiger partial charge in [0.2, 0.25) is 5.91 Å². The number of carbonyl (C=O) groups excluding carboxylic acids is 2. The van der Waals surface area contributed by atoms with Crippen LogP contribution in [0.25, 0.3) is 5.57 Å².